The fourth-order valence-electron chi connectivity index (χ4n) is 2.72. The third-order valence-corrected chi connectivity index (χ3v) is 3.90. The number of nitrogens with one attached hydrogen (secondary N) is 1. The highest BCUT2D eigenvalue weighted by atomic mass is 16.5. The molecule has 0 radical (unpaired) electrons. The lowest BCUT2D eigenvalue weighted by Gasteiger charge is -2.09. The number of aryl methyl sites for hydroxylation is 1. The molecule has 0 spiro atoms. The zero-order valence-electron chi connectivity index (χ0n) is 13.2. The number of aromatic carboxylic acids is 1. The fourth-order valence-corrected chi connectivity index (χ4v) is 2.72. The molecule has 0 amide bonds. The predicted octanol–water partition coefficient (Wildman–Crippen LogP) is 4.63. The van der Waals surface area contributed by atoms with Gasteiger partial charge in [-0.3, -0.25) is 0 Å². The summed E-state index contributed by atoms with van der Waals surface area (Å²) < 4.78 is 5.60. The molecule has 23 heavy (non-hydrogen) atoms. The lowest BCUT2D eigenvalue weighted by atomic mass is 9.97. The summed E-state index contributed by atoms with van der Waals surface area (Å²) in [6, 6.07) is 11.8. The summed E-state index contributed by atoms with van der Waals surface area (Å²) in [5.74, 6) is -0.0726. The van der Waals surface area contributed by atoms with Crippen LogP contribution in [0.25, 0.3) is 22.0 Å². The molecule has 4 heteroatoms. The van der Waals surface area contributed by atoms with Gasteiger partial charge in [0, 0.05) is 17.1 Å². The Kier molecular flexibility index (Phi) is 4.06. The van der Waals surface area contributed by atoms with Gasteiger partial charge in [0.15, 0.2) is 0 Å². The second kappa shape index (κ2) is 6.16. The minimum absolute atomic E-state index is 0.296. The van der Waals surface area contributed by atoms with E-state index in [4.69, 9.17) is 4.74 Å². The average molecular weight is 309 g/mol. The Morgan fingerprint density at radius 3 is 2.61 bits per heavy atom. The zero-order valence-corrected chi connectivity index (χ0v) is 13.2. The van der Waals surface area contributed by atoms with E-state index in [1.165, 1.54) is 6.20 Å². The van der Waals surface area contributed by atoms with Gasteiger partial charge in [0.05, 0.1) is 12.2 Å². The number of carboxylic acid groups (broad SMARTS) is 1. The van der Waals surface area contributed by atoms with Crippen molar-refractivity contribution in [3.05, 3.63) is 53.7 Å². The maximum Gasteiger partial charge on any atom is 0.337 e. The van der Waals surface area contributed by atoms with E-state index in [2.05, 4.69) is 11.9 Å². The summed E-state index contributed by atoms with van der Waals surface area (Å²) in [5.41, 5.74) is 4.31. The maximum absolute atomic E-state index is 11.3. The molecule has 0 bridgehead atoms. The van der Waals surface area contributed by atoms with Crippen LogP contribution < -0.4 is 4.74 Å². The number of fused-ring (bicyclic) bond motifs is 1. The lowest BCUT2D eigenvalue weighted by Crippen LogP contribution is -1.95. The van der Waals surface area contributed by atoms with Gasteiger partial charge in [-0.05, 0) is 54.3 Å². The largest absolute Gasteiger partial charge is 0.494 e. The van der Waals surface area contributed by atoms with Crippen LogP contribution in [0.3, 0.4) is 0 Å². The van der Waals surface area contributed by atoms with E-state index in [0.717, 1.165) is 39.8 Å². The lowest BCUT2D eigenvalue weighted by molar-refractivity contribution is 0.0699. The molecule has 0 atom stereocenters. The van der Waals surface area contributed by atoms with Crippen molar-refractivity contribution in [3.8, 4) is 16.9 Å². The van der Waals surface area contributed by atoms with Crippen LogP contribution in [0.15, 0.2) is 42.6 Å². The Bertz CT molecular complexity index is 847. The highest BCUT2D eigenvalue weighted by Crippen LogP contribution is 2.31. The van der Waals surface area contributed by atoms with Gasteiger partial charge in [0.2, 0.25) is 0 Å². The second-order valence-corrected chi connectivity index (χ2v) is 5.59. The van der Waals surface area contributed by atoms with Crippen LogP contribution in [0, 0.1) is 6.92 Å². The molecule has 0 fully saturated rings. The van der Waals surface area contributed by atoms with E-state index in [0.29, 0.717) is 12.2 Å². The van der Waals surface area contributed by atoms with Crippen molar-refractivity contribution in [2.24, 2.45) is 0 Å². The van der Waals surface area contributed by atoms with Crippen LogP contribution in [0.5, 0.6) is 5.75 Å². The SMILES string of the molecule is CCCOc1ccc(-c2cc3c(C(=O)O)c[nH]c3cc2C)cc1. The molecular weight excluding hydrogens is 290 g/mol. The molecular formula is C19H19NO3. The number of benzene rings is 2. The van der Waals surface area contributed by atoms with E-state index in [-0.39, 0.29) is 0 Å². The van der Waals surface area contributed by atoms with Crippen molar-refractivity contribution in [3.63, 3.8) is 0 Å². The maximum atomic E-state index is 11.3. The first-order valence-electron chi connectivity index (χ1n) is 7.68. The molecule has 118 valence electrons. The number of H-pyrrole nitrogens is 1. The third kappa shape index (κ3) is 2.93. The Morgan fingerprint density at radius 1 is 1.22 bits per heavy atom. The van der Waals surface area contributed by atoms with Gasteiger partial charge >= 0.3 is 5.97 Å². The van der Waals surface area contributed by atoms with E-state index in [9.17, 15) is 9.90 Å². The van der Waals surface area contributed by atoms with Crippen LogP contribution in [-0.2, 0) is 0 Å². The molecule has 1 heterocycles. The van der Waals surface area contributed by atoms with E-state index in [1.807, 2.05) is 43.3 Å². The minimum atomic E-state index is -0.922. The zero-order chi connectivity index (χ0) is 16.4. The summed E-state index contributed by atoms with van der Waals surface area (Å²) in [7, 11) is 0. The van der Waals surface area contributed by atoms with Gasteiger partial charge < -0.3 is 14.8 Å². The molecule has 2 N–H and O–H groups in total. The quantitative estimate of drug-likeness (QED) is 0.722. The molecule has 0 unspecified atom stereocenters. The summed E-state index contributed by atoms with van der Waals surface area (Å²) in [5, 5.41) is 10.0. The highest BCUT2D eigenvalue weighted by molar-refractivity contribution is 6.04. The first-order valence-corrected chi connectivity index (χ1v) is 7.68. The molecule has 0 aliphatic heterocycles. The Labute approximate surface area is 134 Å². The number of carboxylic acids is 1. The van der Waals surface area contributed by atoms with Crippen molar-refractivity contribution < 1.29 is 14.6 Å². The molecule has 3 aromatic rings. The van der Waals surface area contributed by atoms with Gasteiger partial charge in [0.1, 0.15) is 5.75 Å². The van der Waals surface area contributed by atoms with Crippen LogP contribution in [-0.4, -0.2) is 22.7 Å². The molecule has 0 saturated carbocycles. The number of hydrogen-bond acceptors (Lipinski definition) is 2. The molecule has 0 saturated heterocycles. The molecule has 0 aliphatic rings. The van der Waals surface area contributed by atoms with E-state index >= 15 is 0 Å². The van der Waals surface area contributed by atoms with Crippen molar-refractivity contribution in [2.45, 2.75) is 20.3 Å². The number of hydrogen-bond donors (Lipinski definition) is 2. The van der Waals surface area contributed by atoms with Gasteiger partial charge in [-0.1, -0.05) is 19.1 Å². The fraction of sp³-hybridized carbons (Fsp3) is 0.211. The van der Waals surface area contributed by atoms with Crippen molar-refractivity contribution in [1.29, 1.82) is 0 Å². The summed E-state index contributed by atoms with van der Waals surface area (Å²) in [6.45, 7) is 4.80. The molecule has 2 aromatic carbocycles. The van der Waals surface area contributed by atoms with E-state index in [1.54, 1.807) is 0 Å². The van der Waals surface area contributed by atoms with Crippen molar-refractivity contribution >= 4 is 16.9 Å². The Hall–Kier alpha value is -2.75. The van der Waals surface area contributed by atoms with Crippen LogP contribution in [0.2, 0.25) is 0 Å². The Balaban J connectivity index is 2.03. The normalized spacial score (nSPS) is 10.9. The van der Waals surface area contributed by atoms with Crippen molar-refractivity contribution in [2.75, 3.05) is 6.61 Å². The van der Waals surface area contributed by atoms with Gasteiger partial charge in [-0.15, -0.1) is 0 Å². The standard InChI is InChI=1S/C19H19NO3/c1-3-8-23-14-6-4-13(5-7-14)15-10-16-17(19(21)22)11-20-18(16)9-12(15)2/h4-7,9-11,20H,3,8H2,1-2H3,(H,21,22). The minimum Gasteiger partial charge on any atom is -0.494 e. The summed E-state index contributed by atoms with van der Waals surface area (Å²) in [6.07, 6.45) is 2.51. The van der Waals surface area contributed by atoms with Gasteiger partial charge in [0.25, 0.3) is 0 Å². The predicted molar refractivity (Wildman–Crippen MR) is 91.2 cm³/mol. The molecule has 1 aromatic heterocycles. The first kappa shape index (κ1) is 15.2. The Morgan fingerprint density at radius 2 is 1.96 bits per heavy atom. The van der Waals surface area contributed by atoms with Gasteiger partial charge in [-0.25, -0.2) is 4.79 Å². The second-order valence-electron chi connectivity index (χ2n) is 5.59. The monoisotopic (exact) mass is 309 g/mol. The first-order chi connectivity index (χ1) is 11.1. The summed E-state index contributed by atoms with van der Waals surface area (Å²) in [4.78, 5) is 14.3. The number of carbonyl (C=O) groups is 1. The van der Waals surface area contributed by atoms with Crippen molar-refractivity contribution in [1.82, 2.24) is 4.98 Å². The highest BCUT2D eigenvalue weighted by Gasteiger charge is 2.13. The molecule has 3 rings (SSSR count). The van der Waals surface area contributed by atoms with Gasteiger partial charge in [-0.2, -0.15) is 0 Å². The topological polar surface area (TPSA) is 62.3 Å². The van der Waals surface area contributed by atoms with Crippen LogP contribution in [0.1, 0.15) is 29.3 Å². The van der Waals surface area contributed by atoms with E-state index < -0.39 is 5.97 Å². The van der Waals surface area contributed by atoms with Crippen LogP contribution in [0.4, 0.5) is 0 Å². The van der Waals surface area contributed by atoms with Crippen LogP contribution >= 0.6 is 0 Å². The number of ether oxygens (including phenoxy) is 1. The smallest absolute Gasteiger partial charge is 0.337 e. The number of rotatable bonds is 5. The molecule has 0 aliphatic carbocycles. The number of aromatic amines is 1. The number of aromatic nitrogens is 1. The average Bonchev–Trinajstić information content (AvgIpc) is 2.95. The summed E-state index contributed by atoms with van der Waals surface area (Å²) >= 11 is 0. The third-order valence-electron chi connectivity index (χ3n) is 3.90. The molecule has 4 nitrogen and oxygen atoms in total.